The van der Waals surface area contributed by atoms with E-state index in [9.17, 15) is 9.59 Å². The third-order valence-electron chi connectivity index (χ3n) is 4.94. The largest absolute Gasteiger partial charge is 0.444 e. The van der Waals surface area contributed by atoms with Crippen molar-refractivity contribution in [3.63, 3.8) is 0 Å². The number of ether oxygens (including phenoxy) is 1. The molecule has 2 amide bonds. The summed E-state index contributed by atoms with van der Waals surface area (Å²) in [5, 5.41) is 0.573. The molecule has 0 radical (unpaired) electrons. The average Bonchev–Trinajstić information content (AvgIpc) is 2.68. The monoisotopic (exact) mass is 429 g/mol. The predicted octanol–water partition coefficient (Wildman–Crippen LogP) is 4.41. The average molecular weight is 430 g/mol. The van der Waals surface area contributed by atoms with E-state index in [1.807, 2.05) is 62.9 Å². The molecule has 1 aromatic carbocycles. The van der Waals surface area contributed by atoms with Gasteiger partial charge in [-0.05, 0) is 51.0 Å². The van der Waals surface area contributed by atoms with E-state index in [1.54, 1.807) is 17.2 Å². The fraction of sp³-hybridized carbons (Fsp3) is 0.435. The molecule has 1 atom stereocenters. The topological polar surface area (TPSA) is 62.7 Å². The Bertz CT molecular complexity index is 909. The van der Waals surface area contributed by atoms with E-state index in [-0.39, 0.29) is 24.5 Å². The smallest absolute Gasteiger partial charge is 0.410 e. The zero-order valence-corrected chi connectivity index (χ0v) is 18.6. The van der Waals surface area contributed by atoms with Crippen LogP contribution in [0.3, 0.4) is 0 Å². The fourth-order valence-electron chi connectivity index (χ4n) is 3.46. The Morgan fingerprint density at radius 2 is 1.90 bits per heavy atom. The highest BCUT2D eigenvalue weighted by Gasteiger charge is 2.36. The molecule has 30 heavy (non-hydrogen) atoms. The number of aryl methyl sites for hydroxylation is 1. The van der Waals surface area contributed by atoms with E-state index >= 15 is 0 Å². The van der Waals surface area contributed by atoms with E-state index in [0.717, 1.165) is 16.8 Å². The molecule has 0 saturated carbocycles. The van der Waals surface area contributed by atoms with Gasteiger partial charge >= 0.3 is 6.09 Å². The normalized spacial score (nSPS) is 17.0. The number of benzene rings is 1. The second-order valence-electron chi connectivity index (χ2n) is 8.54. The number of amides is 2. The van der Waals surface area contributed by atoms with E-state index in [4.69, 9.17) is 16.3 Å². The number of nitrogens with zero attached hydrogens (tertiary/aromatic N) is 3. The van der Waals surface area contributed by atoms with Gasteiger partial charge in [-0.2, -0.15) is 0 Å². The van der Waals surface area contributed by atoms with Crippen molar-refractivity contribution in [2.75, 3.05) is 19.6 Å². The van der Waals surface area contributed by atoms with E-state index in [1.165, 1.54) is 0 Å². The number of pyridine rings is 1. The van der Waals surface area contributed by atoms with Crippen LogP contribution in [0.2, 0.25) is 5.02 Å². The van der Waals surface area contributed by atoms with Crippen LogP contribution in [0.1, 0.15) is 43.6 Å². The zero-order chi connectivity index (χ0) is 21.9. The zero-order valence-electron chi connectivity index (χ0n) is 17.9. The lowest BCUT2D eigenvalue weighted by molar-refractivity contribution is -0.135. The molecule has 1 fully saturated rings. The minimum atomic E-state index is -0.581. The molecule has 1 aromatic heterocycles. The Hall–Kier alpha value is -2.60. The highest BCUT2D eigenvalue weighted by molar-refractivity contribution is 6.31. The Morgan fingerprint density at radius 3 is 2.53 bits per heavy atom. The maximum atomic E-state index is 13.2. The standard InChI is InChI=1S/C23H28ClN3O3/c1-16-9-10-17(14-25-16)13-21(28)27-12-11-26(22(29)30-23(2,3)4)15-20(27)18-7-5-6-8-19(18)24/h5-10,14,20H,11-13,15H2,1-4H3/t20-/m1/s1. The molecular formula is C23H28ClN3O3. The number of rotatable bonds is 3. The maximum absolute atomic E-state index is 13.2. The third-order valence-corrected chi connectivity index (χ3v) is 5.29. The van der Waals surface area contributed by atoms with Crippen molar-refractivity contribution in [2.45, 2.75) is 45.8 Å². The van der Waals surface area contributed by atoms with Crippen molar-refractivity contribution in [2.24, 2.45) is 0 Å². The van der Waals surface area contributed by atoms with Gasteiger partial charge in [-0.3, -0.25) is 9.78 Å². The van der Waals surface area contributed by atoms with Gasteiger partial charge in [-0.1, -0.05) is 35.9 Å². The molecule has 3 rings (SSSR count). The highest BCUT2D eigenvalue weighted by Crippen LogP contribution is 2.31. The van der Waals surface area contributed by atoms with E-state index in [0.29, 0.717) is 24.7 Å². The van der Waals surface area contributed by atoms with Crippen molar-refractivity contribution in [1.82, 2.24) is 14.8 Å². The van der Waals surface area contributed by atoms with Crippen molar-refractivity contribution in [3.8, 4) is 0 Å². The summed E-state index contributed by atoms with van der Waals surface area (Å²) < 4.78 is 5.54. The molecule has 2 aromatic rings. The first-order valence-corrected chi connectivity index (χ1v) is 10.5. The number of piperazine rings is 1. The Labute approximate surface area is 182 Å². The molecule has 1 aliphatic heterocycles. The van der Waals surface area contributed by atoms with Gasteiger partial charge in [0.25, 0.3) is 0 Å². The van der Waals surface area contributed by atoms with Gasteiger partial charge in [0, 0.05) is 36.5 Å². The molecular weight excluding hydrogens is 402 g/mol. The van der Waals surface area contributed by atoms with Crippen molar-refractivity contribution in [1.29, 1.82) is 0 Å². The quantitative estimate of drug-likeness (QED) is 0.725. The van der Waals surface area contributed by atoms with Crippen LogP contribution < -0.4 is 0 Å². The Balaban J connectivity index is 1.83. The molecule has 6 nitrogen and oxygen atoms in total. The number of carbonyl (C=O) groups excluding carboxylic acids is 2. The van der Waals surface area contributed by atoms with Crippen LogP contribution in [0, 0.1) is 6.92 Å². The summed E-state index contributed by atoms with van der Waals surface area (Å²) in [5.41, 5.74) is 2.01. The molecule has 1 aliphatic rings. The number of hydrogen-bond acceptors (Lipinski definition) is 4. The minimum Gasteiger partial charge on any atom is -0.444 e. The van der Waals surface area contributed by atoms with E-state index in [2.05, 4.69) is 4.98 Å². The summed E-state index contributed by atoms with van der Waals surface area (Å²) in [6.07, 6.45) is 1.60. The first-order valence-electron chi connectivity index (χ1n) is 10.1. The summed E-state index contributed by atoms with van der Waals surface area (Å²) >= 11 is 6.46. The number of halogens is 1. The van der Waals surface area contributed by atoms with Gasteiger partial charge in [0.15, 0.2) is 0 Å². The van der Waals surface area contributed by atoms with Crippen LogP contribution >= 0.6 is 11.6 Å². The predicted molar refractivity (Wildman–Crippen MR) is 116 cm³/mol. The SMILES string of the molecule is Cc1ccc(CC(=O)N2CCN(C(=O)OC(C)(C)C)C[C@@H]2c2ccccc2Cl)cn1. The summed E-state index contributed by atoms with van der Waals surface area (Å²) in [5.74, 6) is -0.0191. The fourth-order valence-corrected chi connectivity index (χ4v) is 3.73. The molecule has 0 N–H and O–H groups in total. The van der Waals surface area contributed by atoms with Gasteiger partial charge in [0.05, 0.1) is 12.5 Å². The van der Waals surface area contributed by atoms with Gasteiger partial charge < -0.3 is 14.5 Å². The Morgan fingerprint density at radius 1 is 1.17 bits per heavy atom. The van der Waals surface area contributed by atoms with Crippen LogP contribution in [0.15, 0.2) is 42.6 Å². The maximum Gasteiger partial charge on any atom is 0.410 e. The van der Waals surface area contributed by atoms with Crippen LogP contribution in [0.25, 0.3) is 0 Å². The van der Waals surface area contributed by atoms with Crippen LogP contribution in [0.5, 0.6) is 0 Å². The second-order valence-corrected chi connectivity index (χ2v) is 8.94. The van der Waals surface area contributed by atoms with Gasteiger partial charge in [0.1, 0.15) is 5.60 Å². The number of carbonyl (C=O) groups is 2. The molecule has 160 valence electrons. The van der Waals surface area contributed by atoms with Gasteiger partial charge in [-0.15, -0.1) is 0 Å². The van der Waals surface area contributed by atoms with Crippen molar-refractivity contribution in [3.05, 3.63) is 64.4 Å². The lowest BCUT2D eigenvalue weighted by Gasteiger charge is -2.42. The van der Waals surface area contributed by atoms with Crippen LogP contribution in [0.4, 0.5) is 4.79 Å². The summed E-state index contributed by atoms with van der Waals surface area (Å²) in [6.45, 7) is 8.58. The first-order chi connectivity index (χ1) is 14.1. The number of hydrogen-bond donors (Lipinski definition) is 0. The Kier molecular flexibility index (Phi) is 6.66. The molecule has 0 spiro atoms. The third kappa shape index (κ3) is 5.51. The highest BCUT2D eigenvalue weighted by atomic mass is 35.5. The van der Waals surface area contributed by atoms with Crippen LogP contribution in [-0.4, -0.2) is 52.0 Å². The van der Waals surface area contributed by atoms with Crippen LogP contribution in [-0.2, 0) is 16.0 Å². The molecule has 0 bridgehead atoms. The van der Waals surface area contributed by atoms with Crippen molar-refractivity contribution >= 4 is 23.6 Å². The van der Waals surface area contributed by atoms with E-state index < -0.39 is 5.60 Å². The van der Waals surface area contributed by atoms with Crippen molar-refractivity contribution < 1.29 is 14.3 Å². The molecule has 0 aliphatic carbocycles. The molecule has 7 heteroatoms. The minimum absolute atomic E-state index is 0.0191. The van der Waals surface area contributed by atoms with Gasteiger partial charge in [-0.25, -0.2) is 4.79 Å². The lowest BCUT2D eigenvalue weighted by Crippen LogP contribution is -2.53. The molecule has 2 heterocycles. The summed E-state index contributed by atoms with van der Waals surface area (Å²) in [7, 11) is 0. The summed E-state index contributed by atoms with van der Waals surface area (Å²) in [4.78, 5) is 33.5. The summed E-state index contributed by atoms with van der Waals surface area (Å²) in [6, 6.07) is 10.9. The van der Waals surface area contributed by atoms with Gasteiger partial charge in [0.2, 0.25) is 5.91 Å². The number of aromatic nitrogens is 1. The second kappa shape index (κ2) is 9.04. The molecule has 1 saturated heterocycles. The molecule has 0 unspecified atom stereocenters. The first kappa shape index (κ1) is 22.1. The lowest BCUT2D eigenvalue weighted by atomic mass is 10.0.